The van der Waals surface area contributed by atoms with Gasteiger partial charge in [-0.2, -0.15) is 0 Å². The van der Waals surface area contributed by atoms with Crippen molar-refractivity contribution >= 4 is 17.6 Å². The van der Waals surface area contributed by atoms with E-state index in [0.29, 0.717) is 5.69 Å². The molecule has 0 bridgehead atoms. The van der Waals surface area contributed by atoms with Crippen molar-refractivity contribution in [3.63, 3.8) is 0 Å². The topological polar surface area (TPSA) is 75.6 Å². The summed E-state index contributed by atoms with van der Waals surface area (Å²) in [7, 11) is 0. The lowest BCUT2D eigenvalue weighted by atomic mass is 9.86. The molecule has 0 aromatic heterocycles. The first-order valence-corrected chi connectivity index (χ1v) is 7.63. The van der Waals surface area contributed by atoms with E-state index in [-0.39, 0.29) is 23.3 Å². The number of rotatable bonds is 4. The number of hydrogen-bond donors (Lipinski definition) is 2. The van der Waals surface area contributed by atoms with Crippen molar-refractivity contribution < 1.29 is 19.4 Å². The van der Waals surface area contributed by atoms with Gasteiger partial charge in [0.1, 0.15) is 5.75 Å². The molecule has 0 fully saturated rings. The number of ether oxygens (including phenoxy) is 1. The summed E-state index contributed by atoms with van der Waals surface area (Å²) < 4.78 is 4.99. The second-order valence-corrected chi connectivity index (χ2v) is 6.47. The standard InChI is InChI=1S/C19H21NO4/c1-19(2,3)15-6-4-5-7-16(15)20-17(22)12-24-18(23)13-8-10-14(21)11-9-13/h4-11,21H,12H2,1-3H3,(H,20,22). The molecule has 0 saturated carbocycles. The van der Waals surface area contributed by atoms with Crippen LogP contribution in [0.3, 0.4) is 0 Å². The van der Waals surface area contributed by atoms with Gasteiger partial charge in [0.15, 0.2) is 6.61 Å². The second kappa shape index (κ2) is 7.17. The van der Waals surface area contributed by atoms with Crippen molar-refractivity contribution in [2.75, 3.05) is 11.9 Å². The van der Waals surface area contributed by atoms with Crippen molar-refractivity contribution in [2.45, 2.75) is 26.2 Å². The minimum atomic E-state index is -0.616. The highest BCUT2D eigenvalue weighted by molar-refractivity contribution is 5.96. The third kappa shape index (κ3) is 4.59. The summed E-state index contributed by atoms with van der Waals surface area (Å²) in [5.74, 6) is -0.962. The zero-order chi connectivity index (χ0) is 17.7. The Hall–Kier alpha value is -2.82. The van der Waals surface area contributed by atoms with Gasteiger partial charge in [-0.3, -0.25) is 4.79 Å². The van der Waals surface area contributed by atoms with Crippen molar-refractivity contribution in [3.8, 4) is 5.75 Å². The molecule has 0 aliphatic rings. The van der Waals surface area contributed by atoms with Crippen molar-refractivity contribution in [3.05, 3.63) is 59.7 Å². The number of phenolic OH excluding ortho intramolecular Hbond substituents is 1. The Balaban J connectivity index is 1.97. The van der Waals surface area contributed by atoms with Gasteiger partial charge in [0.25, 0.3) is 5.91 Å². The number of esters is 1. The Morgan fingerprint density at radius 3 is 2.29 bits per heavy atom. The van der Waals surface area contributed by atoms with E-state index in [9.17, 15) is 14.7 Å². The number of benzene rings is 2. The van der Waals surface area contributed by atoms with Crippen LogP contribution in [-0.2, 0) is 14.9 Å². The third-order valence-corrected chi connectivity index (χ3v) is 3.45. The number of amides is 1. The van der Waals surface area contributed by atoms with Crippen LogP contribution in [0.15, 0.2) is 48.5 Å². The predicted octanol–water partition coefficient (Wildman–Crippen LogP) is 3.49. The van der Waals surface area contributed by atoms with Crippen LogP contribution in [0.25, 0.3) is 0 Å². The van der Waals surface area contributed by atoms with Gasteiger partial charge in [-0.1, -0.05) is 39.0 Å². The van der Waals surface area contributed by atoms with Gasteiger partial charge in [0.2, 0.25) is 0 Å². The van der Waals surface area contributed by atoms with Crippen LogP contribution < -0.4 is 5.32 Å². The lowest BCUT2D eigenvalue weighted by Crippen LogP contribution is -2.23. The van der Waals surface area contributed by atoms with Gasteiger partial charge in [-0.05, 0) is 41.3 Å². The van der Waals surface area contributed by atoms with Crippen LogP contribution in [0.5, 0.6) is 5.75 Å². The Bertz CT molecular complexity index is 730. The summed E-state index contributed by atoms with van der Waals surface area (Å²) >= 11 is 0. The van der Waals surface area contributed by atoms with Crippen molar-refractivity contribution in [1.29, 1.82) is 0 Å². The van der Waals surface area contributed by atoms with Gasteiger partial charge < -0.3 is 15.2 Å². The number of para-hydroxylation sites is 1. The van der Waals surface area contributed by atoms with E-state index in [1.165, 1.54) is 24.3 Å². The van der Waals surface area contributed by atoms with Gasteiger partial charge in [-0.15, -0.1) is 0 Å². The Labute approximate surface area is 141 Å². The fourth-order valence-corrected chi connectivity index (χ4v) is 2.24. The summed E-state index contributed by atoms with van der Waals surface area (Å²) in [6, 6.07) is 13.2. The lowest BCUT2D eigenvalue weighted by molar-refractivity contribution is -0.119. The monoisotopic (exact) mass is 327 g/mol. The summed E-state index contributed by atoms with van der Waals surface area (Å²) in [5.41, 5.74) is 1.86. The largest absolute Gasteiger partial charge is 0.508 e. The highest BCUT2D eigenvalue weighted by Crippen LogP contribution is 2.29. The molecule has 2 rings (SSSR count). The first-order valence-electron chi connectivity index (χ1n) is 7.63. The van der Waals surface area contributed by atoms with Gasteiger partial charge >= 0.3 is 5.97 Å². The molecular formula is C19H21NO4. The lowest BCUT2D eigenvalue weighted by Gasteiger charge is -2.22. The van der Waals surface area contributed by atoms with E-state index in [0.717, 1.165) is 5.56 Å². The molecule has 0 aliphatic heterocycles. The smallest absolute Gasteiger partial charge is 0.338 e. The first-order chi connectivity index (χ1) is 11.3. The summed E-state index contributed by atoms with van der Waals surface area (Å²) in [6.45, 7) is 5.80. The number of hydrogen-bond acceptors (Lipinski definition) is 4. The third-order valence-electron chi connectivity index (χ3n) is 3.45. The quantitative estimate of drug-likeness (QED) is 0.843. The maximum Gasteiger partial charge on any atom is 0.338 e. The number of nitrogens with one attached hydrogen (secondary N) is 1. The maximum atomic E-state index is 12.1. The molecule has 2 N–H and O–H groups in total. The highest BCUT2D eigenvalue weighted by Gasteiger charge is 2.19. The molecule has 0 unspecified atom stereocenters. The van der Waals surface area contributed by atoms with Crippen LogP contribution in [0.4, 0.5) is 5.69 Å². The van der Waals surface area contributed by atoms with Gasteiger partial charge in [0.05, 0.1) is 5.56 Å². The van der Waals surface area contributed by atoms with E-state index in [4.69, 9.17) is 4.74 Å². The highest BCUT2D eigenvalue weighted by atomic mass is 16.5. The van der Waals surface area contributed by atoms with E-state index >= 15 is 0 Å². The van der Waals surface area contributed by atoms with E-state index < -0.39 is 11.9 Å². The molecule has 126 valence electrons. The normalized spacial score (nSPS) is 11.0. The van der Waals surface area contributed by atoms with Crippen LogP contribution in [-0.4, -0.2) is 23.6 Å². The van der Waals surface area contributed by atoms with Crippen molar-refractivity contribution in [1.82, 2.24) is 0 Å². The van der Waals surface area contributed by atoms with E-state index in [1.54, 1.807) is 0 Å². The molecule has 2 aromatic rings. The number of carbonyl (C=O) groups is 2. The molecular weight excluding hydrogens is 306 g/mol. The van der Waals surface area contributed by atoms with Gasteiger partial charge in [0, 0.05) is 5.69 Å². The van der Waals surface area contributed by atoms with Crippen molar-refractivity contribution in [2.24, 2.45) is 0 Å². The maximum absolute atomic E-state index is 12.1. The SMILES string of the molecule is CC(C)(C)c1ccccc1NC(=O)COC(=O)c1ccc(O)cc1. The minimum absolute atomic E-state index is 0.0584. The molecule has 0 saturated heterocycles. The molecule has 0 radical (unpaired) electrons. The van der Waals surface area contributed by atoms with Crippen LogP contribution in [0.1, 0.15) is 36.7 Å². The van der Waals surface area contributed by atoms with Crippen LogP contribution in [0, 0.1) is 0 Å². The Morgan fingerprint density at radius 2 is 1.67 bits per heavy atom. The molecule has 0 aliphatic carbocycles. The van der Waals surface area contributed by atoms with Gasteiger partial charge in [-0.25, -0.2) is 4.79 Å². The minimum Gasteiger partial charge on any atom is -0.508 e. The zero-order valence-corrected chi connectivity index (χ0v) is 14.0. The molecule has 0 atom stereocenters. The molecule has 0 spiro atoms. The van der Waals surface area contributed by atoms with Crippen LogP contribution >= 0.6 is 0 Å². The average molecular weight is 327 g/mol. The number of anilines is 1. The molecule has 2 aromatic carbocycles. The Morgan fingerprint density at radius 1 is 1.04 bits per heavy atom. The fourth-order valence-electron chi connectivity index (χ4n) is 2.24. The summed E-state index contributed by atoms with van der Waals surface area (Å²) in [4.78, 5) is 23.9. The van der Waals surface area contributed by atoms with E-state index in [2.05, 4.69) is 26.1 Å². The molecule has 5 nitrogen and oxygen atoms in total. The number of aromatic hydroxyl groups is 1. The molecule has 0 heterocycles. The predicted molar refractivity (Wildman–Crippen MR) is 92.2 cm³/mol. The summed E-state index contributed by atoms with van der Waals surface area (Å²) in [5, 5.41) is 12.0. The second-order valence-electron chi connectivity index (χ2n) is 6.47. The average Bonchev–Trinajstić information content (AvgIpc) is 2.53. The zero-order valence-electron chi connectivity index (χ0n) is 14.0. The number of carbonyl (C=O) groups excluding carboxylic acids is 2. The summed E-state index contributed by atoms with van der Waals surface area (Å²) in [6.07, 6.45) is 0. The first kappa shape index (κ1) is 17.5. The fraction of sp³-hybridized carbons (Fsp3) is 0.263. The molecule has 1 amide bonds. The number of phenols is 1. The molecule has 5 heteroatoms. The Kier molecular flexibility index (Phi) is 5.24. The molecule has 24 heavy (non-hydrogen) atoms. The van der Waals surface area contributed by atoms with Crippen LogP contribution in [0.2, 0.25) is 0 Å². The van der Waals surface area contributed by atoms with E-state index in [1.807, 2.05) is 24.3 Å².